The minimum Gasteiger partial charge on any atom is -0.354 e. The van der Waals surface area contributed by atoms with Crippen LogP contribution < -0.4 is 4.90 Å². The molecule has 0 spiro atoms. The predicted molar refractivity (Wildman–Crippen MR) is 130 cm³/mol. The summed E-state index contributed by atoms with van der Waals surface area (Å²) in [5.74, 6) is 1.21. The number of aromatic nitrogens is 1. The van der Waals surface area contributed by atoms with Gasteiger partial charge >= 0.3 is 0 Å². The van der Waals surface area contributed by atoms with Crippen molar-refractivity contribution in [3.63, 3.8) is 0 Å². The molecule has 2 aliphatic heterocycles. The van der Waals surface area contributed by atoms with E-state index in [2.05, 4.69) is 55.5 Å². The van der Waals surface area contributed by atoms with E-state index in [0.717, 1.165) is 51.4 Å². The molecule has 6 nitrogen and oxygen atoms in total. The molecule has 5 rings (SSSR count). The number of imide groups is 1. The number of hydrogen-bond acceptors (Lipinski definition) is 5. The first-order chi connectivity index (χ1) is 15.7. The second-order valence-electron chi connectivity index (χ2n) is 11.0. The summed E-state index contributed by atoms with van der Waals surface area (Å²) in [4.78, 5) is 37.8. The van der Waals surface area contributed by atoms with Gasteiger partial charge in [0.2, 0.25) is 11.8 Å². The molecular formula is C27H38N4O2. The van der Waals surface area contributed by atoms with Gasteiger partial charge in [-0.2, -0.15) is 0 Å². The predicted octanol–water partition coefficient (Wildman–Crippen LogP) is 3.60. The van der Waals surface area contributed by atoms with Gasteiger partial charge in [-0.1, -0.05) is 38.0 Å². The Morgan fingerprint density at radius 3 is 2.03 bits per heavy atom. The first-order valence-electron chi connectivity index (χ1n) is 12.6. The van der Waals surface area contributed by atoms with E-state index in [0.29, 0.717) is 12.5 Å². The van der Waals surface area contributed by atoms with Crippen molar-refractivity contribution < 1.29 is 9.59 Å². The van der Waals surface area contributed by atoms with E-state index in [1.54, 1.807) is 4.90 Å². The Labute approximate surface area is 198 Å². The lowest BCUT2D eigenvalue weighted by Gasteiger charge is -2.35. The molecule has 2 bridgehead atoms. The molecule has 0 radical (unpaired) electrons. The highest BCUT2D eigenvalue weighted by Crippen LogP contribution is 2.74. The molecule has 2 amide bonds. The Balaban J connectivity index is 1.14. The second kappa shape index (κ2) is 7.93. The standard InChI is InChI=1S/C27H38N4O2/c1-18-19(2)27(5)20(3)26(18,4)22-23(27)25(33)31(24(22)32)13-9-8-12-29-14-16-30(17-15-29)21-10-6-7-11-28-21/h6-7,10-11,20,22-23H,8-9,12-17H2,1-5H3/t20?,22?,23?,26-,27+. The molecule has 3 fully saturated rings. The van der Waals surface area contributed by atoms with Gasteiger partial charge in [0.05, 0.1) is 11.8 Å². The van der Waals surface area contributed by atoms with Gasteiger partial charge in [0, 0.05) is 49.8 Å². The van der Waals surface area contributed by atoms with Crippen molar-refractivity contribution in [2.45, 2.75) is 47.5 Å². The third-order valence-electron chi connectivity index (χ3n) is 10.1. The Kier molecular flexibility index (Phi) is 5.43. The number of allylic oxidation sites excluding steroid dienone is 2. The van der Waals surface area contributed by atoms with E-state index in [-0.39, 0.29) is 34.5 Å². The van der Waals surface area contributed by atoms with Crippen molar-refractivity contribution in [1.82, 2.24) is 14.8 Å². The van der Waals surface area contributed by atoms with Crippen LogP contribution in [0.15, 0.2) is 35.5 Å². The molecule has 6 heteroatoms. The molecule has 178 valence electrons. The quantitative estimate of drug-likeness (QED) is 0.377. The highest BCUT2D eigenvalue weighted by Gasteiger charge is 2.75. The smallest absolute Gasteiger partial charge is 0.234 e. The molecule has 33 heavy (non-hydrogen) atoms. The number of rotatable bonds is 6. The summed E-state index contributed by atoms with van der Waals surface area (Å²) < 4.78 is 0. The van der Waals surface area contributed by atoms with E-state index < -0.39 is 0 Å². The minimum absolute atomic E-state index is 0.0823. The molecule has 3 unspecified atom stereocenters. The molecule has 0 N–H and O–H groups in total. The van der Waals surface area contributed by atoms with E-state index in [9.17, 15) is 9.59 Å². The maximum absolute atomic E-state index is 13.5. The number of unbranched alkanes of at least 4 members (excludes halogenated alkanes) is 1. The van der Waals surface area contributed by atoms with Gasteiger partial charge in [-0.3, -0.25) is 19.4 Å². The highest BCUT2D eigenvalue weighted by atomic mass is 16.2. The van der Waals surface area contributed by atoms with Gasteiger partial charge in [-0.25, -0.2) is 4.98 Å². The van der Waals surface area contributed by atoms with Gasteiger partial charge in [0.15, 0.2) is 0 Å². The number of carbonyl (C=O) groups is 2. The fourth-order valence-corrected chi connectivity index (χ4v) is 7.59. The summed E-state index contributed by atoms with van der Waals surface area (Å²) in [6, 6.07) is 6.06. The monoisotopic (exact) mass is 450 g/mol. The SMILES string of the molecule is CC1=C(C)[C@]2(C)C3C(=O)N(CCCCN4CCN(c5ccccn5)CC4)C(=O)C3[C@@]1(C)C2C. The van der Waals surface area contributed by atoms with Crippen molar-refractivity contribution in [2.24, 2.45) is 28.6 Å². The molecule has 4 aliphatic rings. The van der Waals surface area contributed by atoms with Gasteiger partial charge in [-0.05, 0) is 51.3 Å². The zero-order valence-electron chi connectivity index (χ0n) is 20.8. The zero-order valence-corrected chi connectivity index (χ0v) is 20.8. The molecule has 3 heterocycles. The van der Waals surface area contributed by atoms with Crippen LogP contribution in [0, 0.1) is 28.6 Å². The van der Waals surface area contributed by atoms with Gasteiger partial charge in [-0.15, -0.1) is 0 Å². The largest absolute Gasteiger partial charge is 0.354 e. The van der Waals surface area contributed by atoms with Crippen LogP contribution in [0.3, 0.4) is 0 Å². The maximum Gasteiger partial charge on any atom is 0.234 e. The van der Waals surface area contributed by atoms with Gasteiger partial charge < -0.3 is 4.90 Å². The molecule has 2 aliphatic carbocycles. The first kappa shape index (κ1) is 22.6. The van der Waals surface area contributed by atoms with Gasteiger partial charge in [0.25, 0.3) is 0 Å². The zero-order chi connectivity index (χ0) is 23.5. The Morgan fingerprint density at radius 2 is 1.48 bits per heavy atom. The van der Waals surface area contributed by atoms with Crippen LogP contribution in [-0.4, -0.2) is 65.9 Å². The number of carbonyl (C=O) groups excluding carboxylic acids is 2. The Bertz CT molecular complexity index is 939. The topological polar surface area (TPSA) is 56.8 Å². The summed E-state index contributed by atoms with van der Waals surface area (Å²) in [5.41, 5.74) is 2.31. The molecule has 5 atom stereocenters. The first-order valence-corrected chi connectivity index (χ1v) is 12.6. The van der Waals surface area contributed by atoms with Crippen molar-refractivity contribution in [2.75, 3.05) is 44.2 Å². The lowest BCUT2D eigenvalue weighted by molar-refractivity contribution is -0.142. The molecule has 0 aromatic carbocycles. The van der Waals surface area contributed by atoms with E-state index in [1.807, 2.05) is 18.3 Å². The number of anilines is 1. The van der Waals surface area contributed by atoms with Crippen LogP contribution in [0.1, 0.15) is 47.5 Å². The summed E-state index contributed by atoms with van der Waals surface area (Å²) in [5, 5.41) is 0. The fraction of sp³-hybridized carbons (Fsp3) is 0.667. The number of piperazine rings is 1. The molecule has 1 aromatic heterocycles. The van der Waals surface area contributed by atoms with Crippen LogP contribution in [0.5, 0.6) is 0 Å². The van der Waals surface area contributed by atoms with E-state index in [4.69, 9.17) is 0 Å². The van der Waals surface area contributed by atoms with Crippen molar-refractivity contribution in [3.8, 4) is 0 Å². The Hall–Kier alpha value is -2.21. The van der Waals surface area contributed by atoms with E-state index >= 15 is 0 Å². The van der Waals surface area contributed by atoms with Crippen molar-refractivity contribution >= 4 is 17.6 Å². The lowest BCUT2D eigenvalue weighted by atomic mass is 9.66. The fourth-order valence-electron chi connectivity index (χ4n) is 7.59. The normalized spacial score (nSPS) is 36.3. The molecular weight excluding hydrogens is 412 g/mol. The maximum atomic E-state index is 13.5. The summed E-state index contributed by atoms with van der Waals surface area (Å²) in [6.45, 7) is 16.7. The van der Waals surface area contributed by atoms with Crippen LogP contribution in [0.2, 0.25) is 0 Å². The third-order valence-corrected chi connectivity index (χ3v) is 10.1. The molecule has 1 saturated carbocycles. The molecule has 1 aromatic rings. The third kappa shape index (κ3) is 3.05. The number of hydrogen-bond donors (Lipinski definition) is 0. The number of pyridine rings is 1. The Morgan fingerprint density at radius 1 is 0.909 bits per heavy atom. The number of amides is 2. The van der Waals surface area contributed by atoms with Crippen LogP contribution in [0.4, 0.5) is 5.82 Å². The average Bonchev–Trinajstić information content (AvgIpc) is 3.25. The van der Waals surface area contributed by atoms with Crippen molar-refractivity contribution in [1.29, 1.82) is 0 Å². The number of fused-ring (bicyclic) bond motifs is 5. The molecule has 2 saturated heterocycles. The summed E-state index contributed by atoms with van der Waals surface area (Å²) in [7, 11) is 0. The van der Waals surface area contributed by atoms with Crippen LogP contribution in [0.25, 0.3) is 0 Å². The summed E-state index contributed by atoms with van der Waals surface area (Å²) >= 11 is 0. The minimum atomic E-state index is -0.182. The van der Waals surface area contributed by atoms with Crippen LogP contribution >= 0.6 is 0 Å². The van der Waals surface area contributed by atoms with Crippen molar-refractivity contribution in [3.05, 3.63) is 35.5 Å². The average molecular weight is 451 g/mol. The highest BCUT2D eigenvalue weighted by molar-refractivity contribution is 6.07. The second-order valence-corrected chi connectivity index (χ2v) is 11.0. The number of nitrogens with zero attached hydrogens (tertiary/aromatic N) is 4. The lowest BCUT2D eigenvalue weighted by Crippen LogP contribution is -2.47. The van der Waals surface area contributed by atoms with Gasteiger partial charge in [0.1, 0.15) is 5.82 Å². The van der Waals surface area contributed by atoms with Crippen LogP contribution in [-0.2, 0) is 9.59 Å². The van der Waals surface area contributed by atoms with E-state index in [1.165, 1.54) is 11.1 Å². The summed E-state index contributed by atoms with van der Waals surface area (Å²) in [6.07, 6.45) is 3.74. The number of likely N-dealkylation sites (tertiary alicyclic amines) is 1.